The fourth-order valence-corrected chi connectivity index (χ4v) is 1.62. The van der Waals surface area contributed by atoms with E-state index >= 15 is 0 Å². The van der Waals surface area contributed by atoms with Crippen molar-refractivity contribution in [2.24, 2.45) is 0 Å². The lowest BCUT2D eigenvalue weighted by molar-refractivity contribution is -0.120. The summed E-state index contributed by atoms with van der Waals surface area (Å²) < 4.78 is 1.73. The van der Waals surface area contributed by atoms with Crippen LogP contribution in [0, 0.1) is 0 Å². The van der Waals surface area contributed by atoms with Gasteiger partial charge in [0.15, 0.2) is 0 Å². The van der Waals surface area contributed by atoms with Gasteiger partial charge >= 0.3 is 0 Å². The summed E-state index contributed by atoms with van der Waals surface area (Å²) in [7, 11) is 0. The summed E-state index contributed by atoms with van der Waals surface area (Å²) in [6, 6.07) is 9.71. The quantitative estimate of drug-likeness (QED) is 0.807. The van der Waals surface area contributed by atoms with Crippen molar-refractivity contribution in [2.45, 2.75) is 6.42 Å². The Hall–Kier alpha value is -2.14. The molecule has 1 heterocycles. The average Bonchev–Trinajstić information content (AvgIpc) is 2.86. The molecular weight excluding hydrogens is 230 g/mol. The molecule has 1 aromatic heterocycles. The lowest BCUT2D eigenvalue weighted by atomic mass is 10.2. The smallest absolute Gasteiger partial charge is 0.224 e. The Balaban J connectivity index is 2.00. The molecule has 0 spiro atoms. The molecule has 0 unspecified atom stereocenters. The molecule has 5 heteroatoms. The van der Waals surface area contributed by atoms with Gasteiger partial charge in [-0.05, 0) is 17.7 Å². The molecule has 2 aromatic rings. The van der Waals surface area contributed by atoms with Gasteiger partial charge in [0.1, 0.15) is 0 Å². The molecule has 18 heavy (non-hydrogen) atoms. The van der Waals surface area contributed by atoms with Gasteiger partial charge in [-0.25, -0.2) is 4.68 Å². The van der Waals surface area contributed by atoms with Gasteiger partial charge in [-0.2, -0.15) is 5.10 Å². The number of rotatable bonds is 5. The fourth-order valence-electron chi connectivity index (χ4n) is 1.62. The Kier molecular flexibility index (Phi) is 4.09. The first-order valence-electron chi connectivity index (χ1n) is 5.76. The van der Waals surface area contributed by atoms with Crippen molar-refractivity contribution in [2.75, 3.05) is 13.2 Å². The molecule has 0 aliphatic heterocycles. The van der Waals surface area contributed by atoms with Crippen molar-refractivity contribution in [3.63, 3.8) is 0 Å². The molecule has 5 nitrogen and oxygen atoms in total. The standard InChI is InChI=1S/C13H15N3O2/c17-7-6-14-13(18)8-11-9-15-16(10-11)12-4-2-1-3-5-12/h1-5,9-10,17H,6-8H2,(H,14,18). The monoisotopic (exact) mass is 245 g/mol. The predicted molar refractivity (Wildman–Crippen MR) is 67.4 cm³/mol. The second-order valence-electron chi connectivity index (χ2n) is 3.88. The number of amides is 1. The van der Waals surface area contributed by atoms with E-state index in [2.05, 4.69) is 10.4 Å². The first-order chi connectivity index (χ1) is 8.79. The molecule has 0 atom stereocenters. The first kappa shape index (κ1) is 12.3. The van der Waals surface area contributed by atoms with Gasteiger partial charge < -0.3 is 10.4 Å². The van der Waals surface area contributed by atoms with Crippen LogP contribution >= 0.6 is 0 Å². The van der Waals surface area contributed by atoms with E-state index in [4.69, 9.17) is 5.11 Å². The third-order valence-corrected chi connectivity index (χ3v) is 2.46. The third-order valence-electron chi connectivity index (χ3n) is 2.46. The topological polar surface area (TPSA) is 67.2 Å². The van der Waals surface area contributed by atoms with Crippen molar-refractivity contribution in [3.05, 3.63) is 48.3 Å². The summed E-state index contributed by atoms with van der Waals surface area (Å²) in [5.41, 5.74) is 1.80. The van der Waals surface area contributed by atoms with E-state index in [1.165, 1.54) is 0 Å². The summed E-state index contributed by atoms with van der Waals surface area (Å²) in [4.78, 5) is 11.5. The summed E-state index contributed by atoms with van der Waals surface area (Å²) >= 11 is 0. The van der Waals surface area contributed by atoms with Gasteiger partial charge in [-0.1, -0.05) is 18.2 Å². The lowest BCUT2D eigenvalue weighted by Gasteiger charge is -2.01. The lowest BCUT2D eigenvalue weighted by Crippen LogP contribution is -2.27. The van der Waals surface area contributed by atoms with Crippen LogP contribution in [0.1, 0.15) is 5.56 Å². The summed E-state index contributed by atoms with van der Waals surface area (Å²) in [5.74, 6) is -0.114. The zero-order valence-electron chi connectivity index (χ0n) is 9.91. The van der Waals surface area contributed by atoms with Gasteiger partial charge in [0.25, 0.3) is 0 Å². The summed E-state index contributed by atoms with van der Waals surface area (Å²) in [6.07, 6.45) is 3.77. The van der Waals surface area contributed by atoms with Gasteiger partial charge in [0.2, 0.25) is 5.91 Å². The number of aliphatic hydroxyl groups excluding tert-OH is 1. The molecule has 94 valence electrons. The van der Waals surface area contributed by atoms with Crippen molar-refractivity contribution in [3.8, 4) is 5.69 Å². The number of carbonyl (C=O) groups is 1. The number of aromatic nitrogens is 2. The Labute approximate surface area is 105 Å². The summed E-state index contributed by atoms with van der Waals surface area (Å²) in [5, 5.41) is 15.4. The van der Waals surface area contributed by atoms with Crippen LogP contribution in [0.3, 0.4) is 0 Å². The third kappa shape index (κ3) is 3.18. The molecule has 1 amide bonds. The highest BCUT2D eigenvalue weighted by Crippen LogP contribution is 2.07. The predicted octanol–water partition coefficient (Wildman–Crippen LogP) is 0.523. The zero-order chi connectivity index (χ0) is 12.8. The van der Waals surface area contributed by atoms with Crippen LogP contribution in [0.25, 0.3) is 5.69 Å². The van der Waals surface area contributed by atoms with Crippen LogP contribution in [-0.2, 0) is 11.2 Å². The second kappa shape index (κ2) is 5.97. The number of carbonyl (C=O) groups excluding carboxylic acids is 1. The van der Waals surface area contributed by atoms with Crippen LogP contribution in [0.5, 0.6) is 0 Å². The van der Waals surface area contributed by atoms with Gasteiger partial charge in [-0.15, -0.1) is 0 Å². The minimum Gasteiger partial charge on any atom is -0.395 e. The van der Waals surface area contributed by atoms with Crippen molar-refractivity contribution >= 4 is 5.91 Å². The minimum absolute atomic E-state index is 0.0466. The van der Waals surface area contributed by atoms with Crippen LogP contribution in [0.15, 0.2) is 42.7 Å². The van der Waals surface area contributed by atoms with Crippen molar-refractivity contribution in [1.29, 1.82) is 0 Å². The van der Waals surface area contributed by atoms with Crippen molar-refractivity contribution in [1.82, 2.24) is 15.1 Å². The maximum Gasteiger partial charge on any atom is 0.224 e. The Morgan fingerprint density at radius 1 is 1.33 bits per heavy atom. The van der Waals surface area contributed by atoms with Crippen LogP contribution in [-0.4, -0.2) is 33.9 Å². The van der Waals surface area contributed by atoms with E-state index in [-0.39, 0.29) is 25.5 Å². The number of para-hydroxylation sites is 1. The number of aliphatic hydroxyl groups is 1. The number of nitrogens with one attached hydrogen (secondary N) is 1. The molecule has 0 saturated carbocycles. The molecule has 0 aliphatic carbocycles. The van der Waals surface area contributed by atoms with E-state index in [1.807, 2.05) is 36.5 Å². The van der Waals surface area contributed by atoms with Gasteiger partial charge in [0, 0.05) is 12.7 Å². The highest BCUT2D eigenvalue weighted by atomic mass is 16.3. The Morgan fingerprint density at radius 3 is 2.83 bits per heavy atom. The minimum atomic E-state index is -0.114. The van der Waals surface area contributed by atoms with Crippen LogP contribution in [0.2, 0.25) is 0 Å². The fraction of sp³-hybridized carbons (Fsp3) is 0.231. The largest absolute Gasteiger partial charge is 0.395 e. The van der Waals surface area contributed by atoms with Crippen LogP contribution in [0.4, 0.5) is 0 Å². The number of benzene rings is 1. The molecule has 2 N–H and O–H groups in total. The molecule has 0 radical (unpaired) electrons. The van der Waals surface area contributed by atoms with E-state index in [0.29, 0.717) is 0 Å². The zero-order valence-corrected chi connectivity index (χ0v) is 9.91. The molecule has 1 aromatic carbocycles. The molecular formula is C13H15N3O2. The number of hydrogen-bond acceptors (Lipinski definition) is 3. The molecule has 0 bridgehead atoms. The number of nitrogens with zero attached hydrogens (tertiary/aromatic N) is 2. The Bertz CT molecular complexity index is 508. The Morgan fingerprint density at radius 2 is 2.11 bits per heavy atom. The highest BCUT2D eigenvalue weighted by molar-refractivity contribution is 5.78. The van der Waals surface area contributed by atoms with E-state index < -0.39 is 0 Å². The van der Waals surface area contributed by atoms with E-state index in [0.717, 1.165) is 11.3 Å². The molecule has 0 aliphatic rings. The van der Waals surface area contributed by atoms with Gasteiger partial charge in [0.05, 0.1) is 24.9 Å². The van der Waals surface area contributed by atoms with Crippen molar-refractivity contribution < 1.29 is 9.90 Å². The maximum atomic E-state index is 11.5. The normalized spacial score (nSPS) is 10.3. The average molecular weight is 245 g/mol. The second-order valence-corrected chi connectivity index (χ2v) is 3.88. The maximum absolute atomic E-state index is 11.5. The molecule has 0 saturated heterocycles. The molecule has 0 fully saturated rings. The summed E-state index contributed by atoms with van der Waals surface area (Å²) in [6.45, 7) is 0.237. The highest BCUT2D eigenvalue weighted by Gasteiger charge is 2.05. The number of hydrogen-bond donors (Lipinski definition) is 2. The molecule has 2 rings (SSSR count). The van der Waals surface area contributed by atoms with E-state index in [1.54, 1.807) is 10.9 Å². The first-order valence-corrected chi connectivity index (χ1v) is 5.76. The SMILES string of the molecule is O=C(Cc1cnn(-c2ccccc2)c1)NCCO. The van der Waals surface area contributed by atoms with E-state index in [9.17, 15) is 4.79 Å². The van der Waals surface area contributed by atoms with Crippen LogP contribution < -0.4 is 5.32 Å². The van der Waals surface area contributed by atoms with Gasteiger partial charge in [-0.3, -0.25) is 4.79 Å².